The number of carbonyl (C=O) groups is 3. The second kappa shape index (κ2) is 9.69. The van der Waals surface area contributed by atoms with Gasteiger partial charge in [0.1, 0.15) is 6.04 Å². The molecule has 7 nitrogen and oxygen atoms in total. The SMILES string of the molecule is CCCCCNC(=O)C1N([C@@H](CO)C(C)C)C(=O)[C@@H]2[C@@H](C(=O)OCC)[C@H]3CC(C)C12S3. The van der Waals surface area contributed by atoms with Crippen LogP contribution in [0.1, 0.15) is 60.3 Å². The van der Waals surface area contributed by atoms with Crippen molar-refractivity contribution in [2.75, 3.05) is 19.8 Å². The third-order valence-corrected chi connectivity index (χ3v) is 9.46. The van der Waals surface area contributed by atoms with E-state index in [2.05, 4.69) is 19.2 Å². The van der Waals surface area contributed by atoms with Crippen molar-refractivity contribution in [1.29, 1.82) is 0 Å². The van der Waals surface area contributed by atoms with Crippen LogP contribution in [0.2, 0.25) is 0 Å². The fourth-order valence-corrected chi connectivity index (χ4v) is 8.32. The van der Waals surface area contributed by atoms with Gasteiger partial charge in [0.15, 0.2) is 0 Å². The minimum Gasteiger partial charge on any atom is -0.466 e. The lowest BCUT2D eigenvalue weighted by Crippen LogP contribution is -2.59. The molecular weight excluding hydrogens is 416 g/mol. The summed E-state index contributed by atoms with van der Waals surface area (Å²) in [5, 5.41) is 13.2. The van der Waals surface area contributed by atoms with Crippen LogP contribution in [0.15, 0.2) is 0 Å². The molecule has 0 aliphatic carbocycles. The number of nitrogens with zero attached hydrogens (tertiary/aromatic N) is 1. The number of unbranched alkanes of at least 4 members (excludes halogenated alkanes) is 2. The maximum Gasteiger partial charge on any atom is 0.310 e. The molecular formula is C23H38N2O5S. The smallest absolute Gasteiger partial charge is 0.310 e. The largest absolute Gasteiger partial charge is 0.466 e. The van der Waals surface area contributed by atoms with Gasteiger partial charge in [-0.05, 0) is 31.6 Å². The summed E-state index contributed by atoms with van der Waals surface area (Å²) in [6.45, 7) is 10.5. The Morgan fingerprint density at radius 1 is 1.32 bits per heavy atom. The minimum atomic E-state index is -0.685. The molecule has 0 aromatic rings. The number of ether oxygens (including phenoxy) is 1. The van der Waals surface area contributed by atoms with Crippen LogP contribution in [0.25, 0.3) is 0 Å². The first-order valence-electron chi connectivity index (χ1n) is 11.8. The number of amides is 2. The van der Waals surface area contributed by atoms with Gasteiger partial charge in [-0.3, -0.25) is 14.4 Å². The number of aliphatic hydroxyl groups excluding tert-OH is 1. The van der Waals surface area contributed by atoms with E-state index in [1.807, 2.05) is 13.8 Å². The standard InChI is InChI=1S/C23H38N2O5S/c1-6-8-9-10-24-20(27)19-23-14(5)11-16(31-23)17(22(29)30-7-2)18(23)21(28)25(19)15(12-26)13(3)4/h13-19,26H,6-12H2,1-5H3,(H,24,27)/t14?,15-,16+,17-,18-,19?,23?/m0/s1. The number of rotatable bonds is 10. The maximum atomic E-state index is 13.8. The summed E-state index contributed by atoms with van der Waals surface area (Å²) >= 11 is 1.64. The van der Waals surface area contributed by atoms with Gasteiger partial charge in [0.25, 0.3) is 0 Å². The summed E-state index contributed by atoms with van der Waals surface area (Å²) in [6.07, 6.45) is 3.77. The lowest BCUT2D eigenvalue weighted by Gasteiger charge is -2.40. The molecule has 3 saturated heterocycles. The molecule has 2 amide bonds. The first kappa shape index (κ1) is 24.4. The van der Waals surface area contributed by atoms with Crippen LogP contribution in [0, 0.1) is 23.7 Å². The van der Waals surface area contributed by atoms with E-state index in [0.29, 0.717) is 6.54 Å². The van der Waals surface area contributed by atoms with Gasteiger partial charge in [0, 0.05) is 11.8 Å². The molecule has 3 fully saturated rings. The van der Waals surface area contributed by atoms with Crippen LogP contribution in [-0.4, -0.2) is 69.6 Å². The molecule has 2 N–H and O–H groups in total. The number of hydrogen-bond acceptors (Lipinski definition) is 6. The monoisotopic (exact) mass is 454 g/mol. The zero-order chi connectivity index (χ0) is 22.9. The van der Waals surface area contributed by atoms with Gasteiger partial charge in [-0.25, -0.2) is 0 Å². The number of nitrogens with one attached hydrogen (secondary N) is 1. The Kier molecular flexibility index (Phi) is 7.62. The van der Waals surface area contributed by atoms with Gasteiger partial charge in [0.2, 0.25) is 11.8 Å². The second-order valence-corrected chi connectivity index (χ2v) is 11.1. The summed E-state index contributed by atoms with van der Waals surface area (Å²) in [4.78, 5) is 41.9. The van der Waals surface area contributed by atoms with Gasteiger partial charge in [-0.2, -0.15) is 0 Å². The number of aliphatic hydroxyl groups is 1. The quantitative estimate of drug-likeness (QED) is 0.388. The highest BCUT2D eigenvalue weighted by atomic mass is 32.2. The van der Waals surface area contributed by atoms with Crippen LogP contribution in [0.3, 0.4) is 0 Å². The molecule has 8 heteroatoms. The Morgan fingerprint density at radius 3 is 2.61 bits per heavy atom. The Morgan fingerprint density at radius 2 is 2.03 bits per heavy atom. The highest BCUT2D eigenvalue weighted by Crippen LogP contribution is 2.69. The van der Waals surface area contributed by atoms with Crippen molar-refractivity contribution in [3.8, 4) is 0 Å². The Hall–Kier alpha value is -1.28. The fourth-order valence-electron chi connectivity index (χ4n) is 5.93. The summed E-state index contributed by atoms with van der Waals surface area (Å²) in [7, 11) is 0. The highest BCUT2D eigenvalue weighted by molar-refractivity contribution is 8.02. The summed E-state index contributed by atoms with van der Waals surface area (Å²) in [5.41, 5.74) is 0. The van der Waals surface area contributed by atoms with Crippen molar-refractivity contribution in [1.82, 2.24) is 10.2 Å². The molecule has 176 valence electrons. The second-order valence-electron chi connectivity index (χ2n) is 9.54. The van der Waals surface area contributed by atoms with Gasteiger partial charge in [-0.1, -0.05) is 40.5 Å². The van der Waals surface area contributed by atoms with Crippen molar-refractivity contribution in [2.24, 2.45) is 23.7 Å². The Balaban J connectivity index is 2.01. The average molecular weight is 455 g/mol. The molecule has 3 heterocycles. The molecule has 7 atom stereocenters. The number of likely N-dealkylation sites (tertiary alicyclic amines) is 1. The van der Waals surface area contributed by atoms with Crippen molar-refractivity contribution >= 4 is 29.5 Å². The number of carbonyl (C=O) groups excluding carboxylic acids is 3. The molecule has 3 aliphatic heterocycles. The molecule has 3 rings (SSSR count). The van der Waals surface area contributed by atoms with Crippen LogP contribution in [-0.2, 0) is 19.1 Å². The predicted molar refractivity (Wildman–Crippen MR) is 120 cm³/mol. The molecule has 0 saturated carbocycles. The van der Waals surface area contributed by atoms with E-state index in [1.54, 1.807) is 23.6 Å². The molecule has 3 aliphatic rings. The van der Waals surface area contributed by atoms with Crippen LogP contribution >= 0.6 is 11.8 Å². The molecule has 31 heavy (non-hydrogen) atoms. The number of hydrogen-bond donors (Lipinski definition) is 2. The normalized spacial score (nSPS) is 34.9. The topological polar surface area (TPSA) is 95.9 Å². The Labute approximate surface area is 190 Å². The fraction of sp³-hybridized carbons (Fsp3) is 0.870. The third kappa shape index (κ3) is 3.88. The van der Waals surface area contributed by atoms with Crippen molar-refractivity contribution in [2.45, 2.75) is 82.4 Å². The van der Waals surface area contributed by atoms with Gasteiger partial charge in [-0.15, -0.1) is 11.8 Å². The first-order chi connectivity index (χ1) is 14.8. The zero-order valence-corrected chi connectivity index (χ0v) is 20.2. The van der Waals surface area contributed by atoms with Crippen molar-refractivity contribution < 1.29 is 24.2 Å². The molecule has 1 spiro atoms. The lowest BCUT2D eigenvalue weighted by molar-refractivity contribution is -0.154. The molecule has 0 aromatic carbocycles. The van der Waals surface area contributed by atoms with Crippen LogP contribution < -0.4 is 5.32 Å². The average Bonchev–Trinajstić information content (AvgIpc) is 3.30. The maximum absolute atomic E-state index is 13.8. The van der Waals surface area contributed by atoms with E-state index in [0.717, 1.165) is 25.7 Å². The minimum absolute atomic E-state index is 0.00725. The van der Waals surface area contributed by atoms with E-state index >= 15 is 0 Å². The lowest BCUT2D eigenvalue weighted by atomic mass is 9.66. The van der Waals surface area contributed by atoms with Crippen LogP contribution in [0.4, 0.5) is 0 Å². The van der Waals surface area contributed by atoms with E-state index in [4.69, 9.17) is 4.74 Å². The number of fused-ring (bicyclic) bond motifs is 1. The molecule has 0 radical (unpaired) electrons. The number of esters is 1. The summed E-state index contributed by atoms with van der Waals surface area (Å²) in [5.74, 6) is -1.68. The third-order valence-electron chi connectivity index (χ3n) is 7.38. The molecule has 2 bridgehead atoms. The van der Waals surface area contributed by atoms with Gasteiger partial charge in [0.05, 0.1) is 35.8 Å². The summed E-state index contributed by atoms with van der Waals surface area (Å²) in [6, 6.07) is -1.15. The van der Waals surface area contributed by atoms with E-state index in [-0.39, 0.29) is 48.1 Å². The van der Waals surface area contributed by atoms with Gasteiger partial charge < -0.3 is 20.1 Å². The van der Waals surface area contributed by atoms with Crippen LogP contribution in [0.5, 0.6) is 0 Å². The predicted octanol–water partition coefficient (Wildman–Crippen LogP) is 2.21. The molecule has 0 aromatic heterocycles. The van der Waals surface area contributed by atoms with Crippen molar-refractivity contribution in [3.05, 3.63) is 0 Å². The Bertz CT molecular complexity index is 701. The zero-order valence-electron chi connectivity index (χ0n) is 19.4. The first-order valence-corrected chi connectivity index (χ1v) is 12.7. The molecule has 3 unspecified atom stereocenters. The van der Waals surface area contributed by atoms with Gasteiger partial charge >= 0.3 is 5.97 Å². The van der Waals surface area contributed by atoms with E-state index < -0.39 is 28.7 Å². The number of thioether (sulfide) groups is 1. The highest BCUT2D eigenvalue weighted by Gasteiger charge is 2.76. The summed E-state index contributed by atoms with van der Waals surface area (Å²) < 4.78 is 4.69. The van der Waals surface area contributed by atoms with Crippen molar-refractivity contribution in [3.63, 3.8) is 0 Å². The van der Waals surface area contributed by atoms with E-state index in [1.165, 1.54) is 0 Å². The van der Waals surface area contributed by atoms with E-state index in [9.17, 15) is 19.5 Å².